The van der Waals surface area contributed by atoms with E-state index in [9.17, 15) is 0 Å². The Morgan fingerprint density at radius 2 is 2.29 bits per heavy atom. The molecule has 0 amide bonds. The Hall–Kier alpha value is -0.630. The zero-order valence-electron chi connectivity index (χ0n) is 8.83. The molecule has 0 saturated carbocycles. The number of rotatable bonds is 3. The second kappa shape index (κ2) is 5.30. The van der Waals surface area contributed by atoms with Gasteiger partial charge in [0.2, 0.25) is 0 Å². The lowest BCUT2D eigenvalue weighted by Gasteiger charge is -2.23. The monoisotopic (exact) mass is 197 g/mol. The largest absolute Gasteiger partial charge is 0.380 e. The maximum Gasteiger partial charge on any atom is 0.102 e. The molecule has 0 aromatic rings. The Kier molecular flexibility index (Phi) is 4.33. The number of ether oxygens (including phenoxy) is 1. The molecule has 0 aliphatic carbocycles. The molecule has 80 valence electrons. The van der Waals surface area contributed by atoms with Crippen molar-refractivity contribution in [2.45, 2.75) is 25.3 Å². The Bertz CT molecular complexity index is 202. The second-order valence-electron chi connectivity index (χ2n) is 4.09. The number of nitrogens with two attached hydrogens (primary N) is 1. The van der Waals surface area contributed by atoms with Gasteiger partial charge in [0.1, 0.15) is 5.54 Å². The Balaban J connectivity index is 2.26. The molecular weight excluding hydrogens is 178 g/mol. The second-order valence-corrected chi connectivity index (χ2v) is 4.09. The highest BCUT2D eigenvalue weighted by Crippen LogP contribution is 2.07. The molecule has 1 heterocycles. The molecule has 0 spiro atoms. The molecule has 1 rings (SSSR count). The van der Waals surface area contributed by atoms with E-state index in [1.807, 2.05) is 0 Å². The summed E-state index contributed by atoms with van der Waals surface area (Å²) in [5, 5.41) is 8.76. The lowest BCUT2D eigenvalue weighted by Crippen LogP contribution is -2.39. The summed E-state index contributed by atoms with van der Waals surface area (Å²) in [6, 6.07) is 2.12. The maximum atomic E-state index is 8.76. The Labute approximate surface area is 85.6 Å². The molecule has 1 atom stereocenters. The molecule has 0 bridgehead atoms. The van der Waals surface area contributed by atoms with Crippen molar-refractivity contribution >= 4 is 0 Å². The fourth-order valence-electron chi connectivity index (χ4n) is 1.47. The SMILES string of the molecule is CC(N)(C#N)CCN1CCCOCC1. The van der Waals surface area contributed by atoms with Gasteiger partial charge < -0.3 is 15.4 Å². The molecule has 1 aliphatic rings. The standard InChI is InChI=1S/C10H19N3O/c1-10(12,9-11)3-5-13-4-2-7-14-8-6-13/h2-8,12H2,1H3. The summed E-state index contributed by atoms with van der Waals surface area (Å²) in [6.07, 6.45) is 1.80. The van der Waals surface area contributed by atoms with Crippen molar-refractivity contribution in [2.75, 3.05) is 32.8 Å². The van der Waals surface area contributed by atoms with E-state index in [4.69, 9.17) is 15.7 Å². The van der Waals surface area contributed by atoms with Gasteiger partial charge in [0.15, 0.2) is 0 Å². The summed E-state index contributed by atoms with van der Waals surface area (Å²) in [7, 11) is 0. The average molecular weight is 197 g/mol. The van der Waals surface area contributed by atoms with Crippen LogP contribution in [-0.4, -0.2) is 43.3 Å². The van der Waals surface area contributed by atoms with Crippen LogP contribution in [0.1, 0.15) is 19.8 Å². The van der Waals surface area contributed by atoms with E-state index >= 15 is 0 Å². The van der Waals surface area contributed by atoms with Crippen LogP contribution in [-0.2, 0) is 4.74 Å². The molecular formula is C10H19N3O. The lowest BCUT2D eigenvalue weighted by atomic mass is 10.0. The minimum Gasteiger partial charge on any atom is -0.380 e. The van der Waals surface area contributed by atoms with E-state index in [-0.39, 0.29) is 0 Å². The van der Waals surface area contributed by atoms with Crippen molar-refractivity contribution in [3.05, 3.63) is 0 Å². The molecule has 14 heavy (non-hydrogen) atoms. The van der Waals surface area contributed by atoms with Gasteiger partial charge in [-0.05, 0) is 19.8 Å². The van der Waals surface area contributed by atoms with Gasteiger partial charge in [0.25, 0.3) is 0 Å². The van der Waals surface area contributed by atoms with Gasteiger partial charge in [0.05, 0.1) is 12.7 Å². The van der Waals surface area contributed by atoms with Crippen LogP contribution in [0.15, 0.2) is 0 Å². The summed E-state index contributed by atoms with van der Waals surface area (Å²) in [4.78, 5) is 2.31. The number of nitriles is 1. The van der Waals surface area contributed by atoms with Gasteiger partial charge >= 0.3 is 0 Å². The minimum absolute atomic E-state index is 0.687. The highest BCUT2D eigenvalue weighted by atomic mass is 16.5. The molecule has 1 unspecified atom stereocenters. The zero-order valence-corrected chi connectivity index (χ0v) is 8.83. The molecule has 4 nitrogen and oxygen atoms in total. The van der Waals surface area contributed by atoms with Crippen LogP contribution in [0.3, 0.4) is 0 Å². The first-order valence-electron chi connectivity index (χ1n) is 5.14. The van der Waals surface area contributed by atoms with Gasteiger partial charge in [-0.15, -0.1) is 0 Å². The summed E-state index contributed by atoms with van der Waals surface area (Å²) >= 11 is 0. The maximum absolute atomic E-state index is 8.76. The first-order valence-corrected chi connectivity index (χ1v) is 5.14. The highest BCUT2D eigenvalue weighted by Gasteiger charge is 2.19. The Morgan fingerprint density at radius 1 is 1.50 bits per heavy atom. The molecule has 0 aromatic heterocycles. The van der Waals surface area contributed by atoms with Crippen LogP contribution in [0.25, 0.3) is 0 Å². The topological polar surface area (TPSA) is 62.3 Å². The van der Waals surface area contributed by atoms with Gasteiger partial charge in [-0.3, -0.25) is 0 Å². The van der Waals surface area contributed by atoms with Crippen molar-refractivity contribution < 1.29 is 4.74 Å². The number of hydrogen-bond donors (Lipinski definition) is 1. The lowest BCUT2D eigenvalue weighted by molar-refractivity contribution is 0.140. The van der Waals surface area contributed by atoms with Crippen molar-refractivity contribution in [2.24, 2.45) is 5.73 Å². The van der Waals surface area contributed by atoms with Crippen molar-refractivity contribution in [1.82, 2.24) is 4.90 Å². The number of hydrogen-bond acceptors (Lipinski definition) is 4. The van der Waals surface area contributed by atoms with Crippen LogP contribution in [0, 0.1) is 11.3 Å². The van der Waals surface area contributed by atoms with Crippen molar-refractivity contribution in [3.63, 3.8) is 0 Å². The zero-order chi connectivity index (χ0) is 10.4. The molecule has 1 aliphatic heterocycles. The molecule has 0 aromatic carbocycles. The minimum atomic E-state index is -0.687. The normalized spacial score (nSPS) is 23.5. The van der Waals surface area contributed by atoms with E-state index in [1.54, 1.807) is 6.92 Å². The third-order valence-corrected chi connectivity index (χ3v) is 2.52. The first kappa shape index (κ1) is 11.4. The molecule has 4 heteroatoms. The molecule has 1 fully saturated rings. The van der Waals surface area contributed by atoms with Gasteiger partial charge in [0, 0.05) is 26.2 Å². The van der Waals surface area contributed by atoms with E-state index in [2.05, 4.69) is 11.0 Å². The molecule has 1 saturated heterocycles. The summed E-state index contributed by atoms with van der Waals surface area (Å²) in [5.41, 5.74) is 5.07. The van der Waals surface area contributed by atoms with Crippen molar-refractivity contribution in [3.8, 4) is 6.07 Å². The summed E-state index contributed by atoms with van der Waals surface area (Å²) in [5.74, 6) is 0. The van der Waals surface area contributed by atoms with Crippen LogP contribution < -0.4 is 5.73 Å². The fraction of sp³-hybridized carbons (Fsp3) is 0.900. The highest BCUT2D eigenvalue weighted by molar-refractivity contribution is 5.01. The van der Waals surface area contributed by atoms with E-state index < -0.39 is 5.54 Å². The quantitative estimate of drug-likeness (QED) is 0.708. The predicted molar refractivity (Wildman–Crippen MR) is 54.7 cm³/mol. The van der Waals surface area contributed by atoms with Gasteiger partial charge in [-0.1, -0.05) is 0 Å². The van der Waals surface area contributed by atoms with E-state index in [0.29, 0.717) is 0 Å². The third kappa shape index (κ3) is 4.05. The van der Waals surface area contributed by atoms with Crippen LogP contribution in [0.4, 0.5) is 0 Å². The van der Waals surface area contributed by atoms with Crippen LogP contribution in [0.2, 0.25) is 0 Å². The average Bonchev–Trinajstić information content (AvgIpc) is 2.43. The molecule has 2 N–H and O–H groups in total. The Morgan fingerprint density at radius 3 is 3.00 bits per heavy atom. The van der Waals surface area contributed by atoms with E-state index in [0.717, 1.165) is 45.7 Å². The van der Waals surface area contributed by atoms with Gasteiger partial charge in [-0.2, -0.15) is 5.26 Å². The predicted octanol–water partition coefficient (Wildman–Crippen LogP) is 0.340. The third-order valence-electron chi connectivity index (χ3n) is 2.52. The van der Waals surface area contributed by atoms with Crippen molar-refractivity contribution in [1.29, 1.82) is 5.26 Å². The fourth-order valence-corrected chi connectivity index (χ4v) is 1.47. The van der Waals surface area contributed by atoms with Crippen LogP contribution >= 0.6 is 0 Å². The summed E-state index contributed by atoms with van der Waals surface area (Å²) < 4.78 is 5.35. The smallest absolute Gasteiger partial charge is 0.102 e. The molecule has 0 radical (unpaired) electrons. The van der Waals surface area contributed by atoms with Crippen LogP contribution in [0.5, 0.6) is 0 Å². The number of nitrogens with zero attached hydrogens (tertiary/aromatic N) is 2. The van der Waals surface area contributed by atoms with E-state index in [1.165, 1.54) is 0 Å². The summed E-state index contributed by atoms with van der Waals surface area (Å²) in [6.45, 7) is 6.34. The van der Waals surface area contributed by atoms with Gasteiger partial charge in [-0.25, -0.2) is 0 Å². The first-order chi connectivity index (χ1) is 6.64.